The summed E-state index contributed by atoms with van der Waals surface area (Å²) in [7, 11) is 0. The molecular formula is C18H30O2. The van der Waals surface area contributed by atoms with Crippen molar-refractivity contribution in [3.8, 4) is 0 Å². The Morgan fingerprint density at radius 2 is 1.70 bits per heavy atom. The van der Waals surface area contributed by atoms with Crippen LogP contribution < -0.4 is 0 Å². The van der Waals surface area contributed by atoms with Crippen LogP contribution in [0.3, 0.4) is 0 Å². The van der Waals surface area contributed by atoms with E-state index in [1.165, 1.54) is 44.9 Å². The van der Waals surface area contributed by atoms with Crippen LogP contribution in [0, 0.1) is 28.6 Å². The van der Waals surface area contributed by atoms with E-state index in [9.17, 15) is 5.11 Å². The SMILES string of the molecule is C[C@]12CCCO[C@@H]1CC[C@H]1[C@@H]2CC[C@]2(C)[C@@H](O)CC[C@@H]12. The van der Waals surface area contributed by atoms with Crippen molar-refractivity contribution < 1.29 is 9.84 Å². The standard InChI is InChI=1S/C18H30O2/c1-17-10-8-14-12(13(17)5-6-15(17)19)4-7-16-18(14,2)9-3-11-20-16/h12-16,19H,3-11H2,1-2H3/t12-,13+,14+,15+,16-,17+,18-/m1/s1. The minimum atomic E-state index is -0.0402. The molecule has 1 aliphatic heterocycles. The van der Waals surface area contributed by atoms with Gasteiger partial charge >= 0.3 is 0 Å². The number of ether oxygens (including phenoxy) is 1. The summed E-state index contributed by atoms with van der Waals surface area (Å²) in [6, 6.07) is 0. The second kappa shape index (κ2) is 4.46. The fourth-order valence-electron chi connectivity index (χ4n) is 6.69. The molecule has 4 fully saturated rings. The monoisotopic (exact) mass is 278 g/mol. The van der Waals surface area contributed by atoms with Gasteiger partial charge in [-0.25, -0.2) is 0 Å². The maximum atomic E-state index is 10.4. The lowest BCUT2D eigenvalue weighted by molar-refractivity contribution is -0.177. The normalized spacial score (nSPS) is 58.6. The third-order valence-electron chi connectivity index (χ3n) is 7.91. The van der Waals surface area contributed by atoms with Gasteiger partial charge in [0, 0.05) is 6.61 Å². The molecule has 4 aliphatic rings. The number of fused-ring (bicyclic) bond motifs is 5. The van der Waals surface area contributed by atoms with Gasteiger partial charge in [0.25, 0.3) is 0 Å². The molecule has 2 nitrogen and oxygen atoms in total. The van der Waals surface area contributed by atoms with Crippen LogP contribution in [0.25, 0.3) is 0 Å². The highest BCUT2D eigenvalue weighted by Crippen LogP contribution is 2.64. The molecule has 3 saturated carbocycles. The van der Waals surface area contributed by atoms with Gasteiger partial charge in [0.2, 0.25) is 0 Å². The van der Waals surface area contributed by atoms with E-state index in [0.29, 0.717) is 11.5 Å². The van der Waals surface area contributed by atoms with Crippen molar-refractivity contribution >= 4 is 0 Å². The topological polar surface area (TPSA) is 29.5 Å². The molecular weight excluding hydrogens is 248 g/mol. The minimum absolute atomic E-state index is 0.0402. The van der Waals surface area contributed by atoms with Crippen molar-refractivity contribution in [3.63, 3.8) is 0 Å². The van der Waals surface area contributed by atoms with Crippen LogP contribution in [0.1, 0.15) is 65.2 Å². The fraction of sp³-hybridized carbons (Fsp3) is 1.00. The van der Waals surface area contributed by atoms with Crippen LogP contribution in [0.2, 0.25) is 0 Å². The number of rotatable bonds is 0. The smallest absolute Gasteiger partial charge is 0.0631 e. The zero-order chi connectivity index (χ0) is 14.0. The van der Waals surface area contributed by atoms with Gasteiger partial charge in [-0.05, 0) is 80.0 Å². The molecule has 0 aromatic heterocycles. The molecule has 0 bridgehead atoms. The maximum absolute atomic E-state index is 10.4. The average molecular weight is 278 g/mol. The first kappa shape index (κ1) is 13.6. The molecule has 0 unspecified atom stereocenters. The summed E-state index contributed by atoms with van der Waals surface area (Å²) in [6.07, 6.45) is 10.6. The Balaban J connectivity index is 1.64. The second-order valence-electron chi connectivity index (χ2n) is 8.56. The van der Waals surface area contributed by atoms with E-state index in [1.807, 2.05) is 0 Å². The summed E-state index contributed by atoms with van der Waals surface area (Å²) in [6.45, 7) is 5.87. The highest BCUT2D eigenvalue weighted by atomic mass is 16.5. The Morgan fingerprint density at radius 1 is 0.900 bits per heavy atom. The quantitative estimate of drug-likeness (QED) is 0.731. The fourth-order valence-corrected chi connectivity index (χ4v) is 6.69. The maximum Gasteiger partial charge on any atom is 0.0631 e. The molecule has 114 valence electrons. The lowest BCUT2D eigenvalue weighted by Gasteiger charge is -2.59. The molecule has 7 atom stereocenters. The zero-order valence-electron chi connectivity index (χ0n) is 13.1. The molecule has 0 amide bonds. The van der Waals surface area contributed by atoms with Crippen molar-refractivity contribution in [3.05, 3.63) is 0 Å². The molecule has 20 heavy (non-hydrogen) atoms. The Morgan fingerprint density at radius 3 is 2.55 bits per heavy atom. The molecule has 4 rings (SSSR count). The van der Waals surface area contributed by atoms with Gasteiger partial charge in [-0.3, -0.25) is 0 Å². The first-order valence-corrected chi connectivity index (χ1v) is 8.85. The number of aliphatic hydroxyl groups excluding tert-OH is 1. The van der Waals surface area contributed by atoms with Gasteiger partial charge in [0.05, 0.1) is 12.2 Å². The van der Waals surface area contributed by atoms with E-state index < -0.39 is 0 Å². The van der Waals surface area contributed by atoms with Crippen LogP contribution >= 0.6 is 0 Å². The average Bonchev–Trinajstić information content (AvgIpc) is 2.74. The predicted molar refractivity (Wildman–Crippen MR) is 79.4 cm³/mol. The summed E-state index contributed by atoms with van der Waals surface area (Å²) >= 11 is 0. The van der Waals surface area contributed by atoms with Gasteiger partial charge in [-0.2, -0.15) is 0 Å². The highest BCUT2D eigenvalue weighted by molar-refractivity contribution is 5.09. The summed E-state index contributed by atoms with van der Waals surface area (Å²) in [5.74, 6) is 2.48. The highest BCUT2D eigenvalue weighted by Gasteiger charge is 2.59. The lowest BCUT2D eigenvalue weighted by atomic mass is 9.48. The van der Waals surface area contributed by atoms with Gasteiger partial charge < -0.3 is 9.84 Å². The number of hydrogen-bond acceptors (Lipinski definition) is 2. The van der Waals surface area contributed by atoms with E-state index in [-0.39, 0.29) is 11.5 Å². The Labute approximate surface area is 123 Å². The lowest BCUT2D eigenvalue weighted by Crippen LogP contribution is -2.56. The van der Waals surface area contributed by atoms with Crippen molar-refractivity contribution in [2.75, 3.05) is 6.61 Å². The minimum Gasteiger partial charge on any atom is -0.393 e. The summed E-state index contributed by atoms with van der Waals surface area (Å²) in [4.78, 5) is 0. The van der Waals surface area contributed by atoms with Crippen LogP contribution in [-0.4, -0.2) is 23.9 Å². The molecule has 3 aliphatic carbocycles. The molecule has 0 spiro atoms. The summed E-state index contributed by atoms with van der Waals surface area (Å²) in [5, 5.41) is 10.4. The van der Waals surface area contributed by atoms with Crippen molar-refractivity contribution in [2.24, 2.45) is 28.6 Å². The van der Waals surface area contributed by atoms with E-state index in [2.05, 4.69) is 13.8 Å². The van der Waals surface area contributed by atoms with Crippen LogP contribution in [-0.2, 0) is 4.74 Å². The number of hydrogen-bond donors (Lipinski definition) is 1. The second-order valence-corrected chi connectivity index (χ2v) is 8.56. The third-order valence-corrected chi connectivity index (χ3v) is 7.91. The van der Waals surface area contributed by atoms with E-state index in [1.54, 1.807) is 0 Å². The van der Waals surface area contributed by atoms with E-state index in [4.69, 9.17) is 4.74 Å². The van der Waals surface area contributed by atoms with Crippen LogP contribution in [0.4, 0.5) is 0 Å². The van der Waals surface area contributed by atoms with Gasteiger partial charge in [0.15, 0.2) is 0 Å². The number of aliphatic hydroxyl groups is 1. The Bertz CT molecular complexity index is 395. The molecule has 2 heteroatoms. The first-order chi connectivity index (χ1) is 9.56. The van der Waals surface area contributed by atoms with Crippen molar-refractivity contribution in [1.82, 2.24) is 0 Å². The van der Waals surface area contributed by atoms with Gasteiger partial charge in [-0.1, -0.05) is 13.8 Å². The first-order valence-electron chi connectivity index (χ1n) is 8.85. The predicted octanol–water partition coefficient (Wildman–Crippen LogP) is 3.77. The van der Waals surface area contributed by atoms with Crippen LogP contribution in [0.5, 0.6) is 0 Å². The van der Waals surface area contributed by atoms with Gasteiger partial charge in [0.1, 0.15) is 0 Å². The molecule has 1 N–H and O–H groups in total. The van der Waals surface area contributed by atoms with Crippen LogP contribution in [0.15, 0.2) is 0 Å². The molecule has 1 heterocycles. The van der Waals surface area contributed by atoms with E-state index in [0.717, 1.165) is 30.8 Å². The van der Waals surface area contributed by atoms with Crippen molar-refractivity contribution in [2.45, 2.75) is 77.4 Å². The third kappa shape index (κ3) is 1.64. The van der Waals surface area contributed by atoms with Crippen molar-refractivity contribution in [1.29, 1.82) is 0 Å². The Kier molecular flexibility index (Phi) is 3.03. The summed E-state index contributed by atoms with van der Waals surface area (Å²) < 4.78 is 6.14. The molecule has 0 aromatic carbocycles. The van der Waals surface area contributed by atoms with E-state index >= 15 is 0 Å². The molecule has 0 radical (unpaired) electrons. The Hall–Kier alpha value is -0.0800. The summed E-state index contributed by atoms with van der Waals surface area (Å²) in [5.41, 5.74) is 0.649. The largest absolute Gasteiger partial charge is 0.393 e. The molecule has 0 aromatic rings. The van der Waals surface area contributed by atoms with Gasteiger partial charge in [-0.15, -0.1) is 0 Å². The zero-order valence-corrected chi connectivity index (χ0v) is 13.1. The molecule has 1 saturated heterocycles.